The normalized spacial score (nSPS) is 10.3. The minimum Gasteiger partial charge on any atom is -0.465 e. The summed E-state index contributed by atoms with van der Waals surface area (Å²) in [4.78, 5) is 21.2. The maximum Gasteiger partial charge on any atom is 0.337 e. The van der Waals surface area contributed by atoms with Gasteiger partial charge in [-0.25, -0.2) is 14.8 Å². The molecule has 0 saturated heterocycles. The van der Waals surface area contributed by atoms with Crippen LogP contribution in [0.2, 0.25) is 5.15 Å². The summed E-state index contributed by atoms with van der Waals surface area (Å²) >= 11 is 7.45. The number of rotatable bonds is 6. The number of methoxy groups -OCH3 is 1. The minimum absolute atomic E-state index is 0.324. The first-order valence-electron chi connectivity index (χ1n) is 7.98. The van der Waals surface area contributed by atoms with Crippen molar-refractivity contribution in [2.75, 3.05) is 11.8 Å². The Balaban J connectivity index is 1.83. The highest BCUT2D eigenvalue weighted by Crippen LogP contribution is 2.27. The Morgan fingerprint density at radius 3 is 2.78 bits per heavy atom. The highest BCUT2D eigenvalue weighted by atomic mass is 35.5. The van der Waals surface area contributed by atoms with Crippen molar-refractivity contribution >= 4 is 41.5 Å². The van der Waals surface area contributed by atoms with Gasteiger partial charge in [0.05, 0.1) is 18.4 Å². The number of hydrogen-bond acceptors (Lipinski definition) is 6. The van der Waals surface area contributed by atoms with Gasteiger partial charge in [-0.05, 0) is 35.7 Å². The average molecular weight is 398 g/mol. The summed E-state index contributed by atoms with van der Waals surface area (Å²) in [6.07, 6.45) is 1.77. The Hall–Kier alpha value is -2.83. The molecule has 0 aliphatic heterocycles. The molecule has 0 amide bonds. The van der Waals surface area contributed by atoms with Crippen molar-refractivity contribution in [3.05, 3.63) is 77.5 Å². The third kappa shape index (κ3) is 4.67. The molecule has 3 aromatic rings. The standard InChI is InChI=1S/C20H16ClN3O2S/c1-3-13-7-4-5-10-16(13)17-12-18(21)23-20(22-17)24-27-15-9-6-8-14(11-15)19(25)26-2/h3-12H,1H2,2H3,(H,22,23,24). The van der Waals surface area contributed by atoms with Crippen LogP contribution in [0.4, 0.5) is 5.95 Å². The molecule has 5 nitrogen and oxygen atoms in total. The lowest BCUT2D eigenvalue weighted by Gasteiger charge is -2.09. The lowest BCUT2D eigenvalue weighted by Crippen LogP contribution is -2.01. The van der Waals surface area contributed by atoms with E-state index in [4.69, 9.17) is 16.3 Å². The largest absolute Gasteiger partial charge is 0.465 e. The molecule has 0 radical (unpaired) electrons. The summed E-state index contributed by atoms with van der Waals surface area (Å²) in [6, 6.07) is 16.5. The summed E-state index contributed by atoms with van der Waals surface area (Å²) < 4.78 is 7.80. The number of nitrogens with one attached hydrogen (secondary N) is 1. The number of esters is 1. The molecule has 0 unspecified atom stereocenters. The van der Waals surface area contributed by atoms with Gasteiger partial charge in [0.2, 0.25) is 5.95 Å². The van der Waals surface area contributed by atoms with Gasteiger partial charge in [0.15, 0.2) is 0 Å². The number of benzene rings is 2. The van der Waals surface area contributed by atoms with Crippen LogP contribution in [0, 0.1) is 0 Å². The topological polar surface area (TPSA) is 64.1 Å². The first-order chi connectivity index (χ1) is 13.1. The van der Waals surface area contributed by atoms with Crippen molar-refractivity contribution in [3.63, 3.8) is 0 Å². The number of anilines is 1. The van der Waals surface area contributed by atoms with Crippen molar-refractivity contribution in [2.45, 2.75) is 4.90 Å². The molecule has 0 aliphatic rings. The van der Waals surface area contributed by atoms with Crippen molar-refractivity contribution in [1.82, 2.24) is 9.97 Å². The molecule has 0 spiro atoms. The van der Waals surface area contributed by atoms with Gasteiger partial charge >= 0.3 is 5.97 Å². The Bertz CT molecular complexity index is 994. The van der Waals surface area contributed by atoms with Crippen molar-refractivity contribution in [2.24, 2.45) is 0 Å². The summed E-state index contributed by atoms with van der Waals surface area (Å²) in [5.74, 6) is -0.0235. The third-order valence-electron chi connectivity index (χ3n) is 3.67. The van der Waals surface area contributed by atoms with Gasteiger partial charge in [-0.15, -0.1) is 0 Å². The fourth-order valence-electron chi connectivity index (χ4n) is 2.42. The van der Waals surface area contributed by atoms with Crippen LogP contribution in [0.5, 0.6) is 0 Å². The predicted octanol–water partition coefficient (Wildman–Crippen LogP) is 5.35. The highest BCUT2D eigenvalue weighted by molar-refractivity contribution is 8.00. The van der Waals surface area contributed by atoms with E-state index < -0.39 is 0 Å². The molecule has 27 heavy (non-hydrogen) atoms. The molecule has 0 bridgehead atoms. The third-order valence-corrected chi connectivity index (χ3v) is 4.63. The summed E-state index contributed by atoms with van der Waals surface area (Å²) in [6.45, 7) is 3.83. The second-order valence-electron chi connectivity index (χ2n) is 5.41. The smallest absolute Gasteiger partial charge is 0.337 e. The maximum atomic E-state index is 11.6. The van der Waals surface area contributed by atoms with Crippen LogP contribution in [-0.4, -0.2) is 23.0 Å². The molecular weight excluding hydrogens is 382 g/mol. The molecular formula is C20H16ClN3O2S. The average Bonchev–Trinajstić information content (AvgIpc) is 2.71. The molecule has 136 valence electrons. The number of halogens is 1. The van der Waals surface area contributed by atoms with E-state index in [0.29, 0.717) is 22.4 Å². The van der Waals surface area contributed by atoms with Crippen LogP contribution in [0.1, 0.15) is 15.9 Å². The Labute approximate surface area is 166 Å². The van der Waals surface area contributed by atoms with Crippen LogP contribution in [0.15, 0.2) is 66.1 Å². The number of carbonyl (C=O) groups is 1. The van der Waals surface area contributed by atoms with E-state index in [1.54, 1.807) is 30.3 Å². The maximum absolute atomic E-state index is 11.6. The van der Waals surface area contributed by atoms with E-state index in [1.165, 1.54) is 19.1 Å². The Kier molecular flexibility index (Phi) is 6.11. The Morgan fingerprint density at radius 1 is 1.19 bits per heavy atom. The molecule has 1 aromatic heterocycles. The highest BCUT2D eigenvalue weighted by Gasteiger charge is 2.10. The second-order valence-corrected chi connectivity index (χ2v) is 6.68. The minimum atomic E-state index is -0.389. The van der Waals surface area contributed by atoms with Gasteiger partial charge in [-0.3, -0.25) is 4.72 Å². The zero-order valence-corrected chi connectivity index (χ0v) is 16.1. The first-order valence-corrected chi connectivity index (χ1v) is 9.18. The van der Waals surface area contributed by atoms with Gasteiger partial charge in [-0.2, -0.15) is 0 Å². The fraction of sp³-hybridized carbons (Fsp3) is 0.0500. The van der Waals surface area contributed by atoms with Crippen molar-refractivity contribution in [1.29, 1.82) is 0 Å². The molecule has 7 heteroatoms. The summed E-state index contributed by atoms with van der Waals surface area (Å²) in [5, 5.41) is 0.324. The van der Waals surface area contributed by atoms with Crippen LogP contribution in [0.25, 0.3) is 17.3 Å². The molecule has 1 N–H and O–H groups in total. The second kappa shape index (κ2) is 8.70. The van der Waals surface area contributed by atoms with E-state index in [-0.39, 0.29) is 5.97 Å². The molecule has 0 atom stereocenters. The van der Waals surface area contributed by atoms with E-state index in [2.05, 4.69) is 21.3 Å². The van der Waals surface area contributed by atoms with E-state index in [9.17, 15) is 4.79 Å². The molecule has 3 rings (SSSR count). The molecule has 2 aromatic carbocycles. The molecule has 0 aliphatic carbocycles. The molecule has 0 saturated carbocycles. The quantitative estimate of drug-likeness (QED) is 0.344. The summed E-state index contributed by atoms with van der Waals surface area (Å²) in [7, 11) is 1.35. The van der Waals surface area contributed by atoms with Crippen molar-refractivity contribution < 1.29 is 9.53 Å². The van der Waals surface area contributed by atoms with E-state index in [1.807, 2.05) is 30.3 Å². The SMILES string of the molecule is C=Cc1ccccc1-c1cc(Cl)nc(NSc2cccc(C(=O)OC)c2)n1. The van der Waals surface area contributed by atoms with Crippen molar-refractivity contribution in [3.8, 4) is 11.3 Å². The van der Waals surface area contributed by atoms with Gasteiger partial charge in [-0.1, -0.05) is 54.6 Å². The van der Waals surface area contributed by atoms with Crippen LogP contribution < -0.4 is 4.72 Å². The number of aromatic nitrogens is 2. The zero-order chi connectivity index (χ0) is 19.2. The van der Waals surface area contributed by atoms with Crippen LogP contribution >= 0.6 is 23.5 Å². The number of hydrogen-bond donors (Lipinski definition) is 1. The predicted molar refractivity (Wildman–Crippen MR) is 110 cm³/mol. The van der Waals surface area contributed by atoms with Crippen LogP contribution in [-0.2, 0) is 4.74 Å². The lowest BCUT2D eigenvalue weighted by atomic mass is 10.0. The zero-order valence-electron chi connectivity index (χ0n) is 14.5. The van der Waals surface area contributed by atoms with Gasteiger partial charge in [0.1, 0.15) is 5.15 Å². The van der Waals surface area contributed by atoms with Gasteiger partial charge < -0.3 is 4.74 Å². The first kappa shape index (κ1) is 18.9. The van der Waals surface area contributed by atoms with Crippen LogP contribution in [0.3, 0.4) is 0 Å². The van der Waals surface area contributed by atoms with Gasteiger partial charge in [0.25, 0.3) is 0 Å². The van der Waals surface area contributed by atoms with E-state index >= 15 is 0 Å². The number of nitrogens with zero attached hydrogens (tertiary/aromatic N) is 2. The fourth-order valence-corrected chi connectivity index (χ4v) is 3.23. The number of ether oxygens (including phenoxy) is 1. The number of carbonyl (C=O) groups excluding carboxylic acids is 1. The monoisotopic (exact) mass is 397 g/mol. The Morgan fingerprint density at radius 2 is 2.00 bits per heavy atom. The molecule has 1 heterocycles. The molecule has 0 fully saturated rings. The van der Waals surface area contributed by atoms with E-state index in [0.717, 1.165) is 16.0 Å². The van der Waals surface area contributed by atoms with Gasteiger partial charge in [0, 0.05) is 16.5 Å². The lowest BCUT2D eigenvalue weighted by molar-refractivity contribution is 0.0600. The summed E-state index contributed by atoms with van der Waals surface area (Å²) in [5.41, 5.74) is 3.03.